The third kappa shape index (κ3) is 3.14. The van der Waals surface area contributed by atoms with Crippen molar-refractivity contribution in [3.63, 3.8) is 0 Å². The second kappa shape index (κ2) is 5.57. The molecule has 0 aliphatic carbocycles. The van der Waals surface area contributed by atoms with Gasteiger partial charge in [0.1, 0.15) is 11.7 Å². The third-order valence-electron chi connectivity index (χ3n) is 3.05. The van der Waals surface area contributed by atoms with Gasteiger partial charge in [-0.3, -0.25) is 29.8 Å². The Labute approximate surface area is 118 Å². The zero-order valence-corrected chi connectivity index (χ0v) is 10.8. The quantitative estimate of drug-likeness (QED) is 0.402. The largest absolute Gasteiger partial charge is 0.368 e. The van der Waals surface area contributed by atoms with Gasteiger partial charge in [-0.2, -0.15) is 0 Å². The van der Waals surface area contributed by atoms with Crippen molar-refractivity contribution < 1.29 is 19.3 Å². The maximum absolute atomic E-state index is 11.6. The molecule has 2 rings (SSSR count). The third-order valence-corrected chi connectivity index (χ3v) is 3.05. The fraction of sp³-hybridized carbons (Fsp3) is 0.250. The Morgan fingerprint density at radius 1 is 1.43 bits per heavy atom. The van der Waals surface area contributed by atoms with E-state index < -0.39 is 22.8 Å². The molecule has 1 aliphatic rings. The highest BCUT2D eigenvalue weighted by molar-refractivity contribution is 6.01. The Morgan fingerprint density at radius 2 is 2.14 bits per heavy atom. The summed E-state index contributed by atoms with van der Waals surface area (Å²) in [6.07, 6.45) is 0.385. The standard InChI is InChI=1S/C12H12N4O5/c13-11(18)6-1-2-7(9(5-6)16(20)21)14-8-3-4-10(17)15-12(8)19/h1-2,5,8,14H,3-4H2,(H2,13,18)(H,15,17,19). The minimum absolute atomic E-state index is 0.00414. The van der Waals surface area contributed by atoms with Crippen LogP contribution in [0.2, 0.25) is 0 Å². The average molecular weight is 292 g/mol. The number of hydrogen-bond donors (Lipinski definition) is 3. The van der Waals surface area contributed by atoms with Crippen molar-refractivity contribution in [3.05, 3.63) is 33.9 Å². The summed E-state index contributed by atoms with van der Waals surface area (Å²) in [4.78, 5) is 44.1. The lowest BCUT2D eigenvalue weighted by Gasteiger charge is -2.22. The van der Waals surface area contributed by atoms with Gasteiger partial charge < -0.3 is 11.1 Å². The van der Waals surface area contributed by atoms with E-state index >= 15 is 0 Å². The van der Waals surface area contributed by atoms with E-state index in [-0.39, 0.29) is 35.7 Å². The molecule has 0 spiro atoms. The predicted octanol–water partition coefficient (Wildman–Crippen LogP) is -0.0892. The van der Waals surface area contributed by atoms with Gasteiger partial charge in [-0.25, -0.2) is 0 Å². The average Bonchev–Trinajstić information content (AvgIpc) is 2.41. The molecule has 1 heterocycles. The van der Waals surface area contributed by atoms with Crippen LogP contribution in [0.25, 0.3) is 0 Å². The van der Waals surface area contributed by atoms with Gasteiger partial charge >= 0.3 is 0 Å². The highest BCUT2D eigenvalue weighted by Crippen LogP contribution is 2.27. The van der Waals surface area contributed by atoms with Crippen LogP contribution in [0.5, 0.6) is 0 Å². The number of piperidine rings is 1. The lowest BCUT2D eigenvalue weighted by atomic mass is 10.0. The normalized spacial score (nSPS) is 18.0. The monoisotopic (exact) mass is 292 g/mol. The van der Waals surface area contributed by atoms with Crippen molar-refractivity contribution in [3.8, 4) is 0 Å². The van der Waals surface area contributed by atoms with Crippen molar-refractivity contribution in [1.29, 1.82) is 0 Å². The van der Waals surface area contributed by atoms with Crippen LogP contribution in [0, 0.1) is 10.1 Å². The molecule has 0 aromatic heterocycles. The number of imide groups is 1. The number of hydrogen-bond acceptors (Lipinski definition) is 6. The van der Waals surface area contributed by atoms with Crippen LogP contribution in [-0.2, 0) is 9.59 Å². The first-order valence-electron chi connectivity index (χ1n) is 6.07. The highest BCUT2D eigenvalue weighted by Gasteiger charge is 2.28. The highest BCUT2D eigenvalue weighted by atomic mass is 16.6. The molecular formula is C12H12N4O5. The van der Waals surface area contributed by atoms with Crippen LogP contribution in [0.1, 0.15) is 23.2 Å². The topological polar surface area (TPSA) is 144 Å². The molecule has 1 aromatic rings. The van der Waals surface area contributed by atoms with E-state index in [0.717, 1.165) is 6.07 Å². The number of nitro groups is 1. The molecule has 110 valence electrons. The van der Waals surface area contributed by atoms with Gasteiger partial charge in [-0.05, 0) is 18.6 Å². The van der Waals surface area contributed by atoms with E-state index in [9.17, 15) is 24.5 Å². The van der Waals surface area contributed by atoms with Crippen LogP contribution in [0.15, 0.2) is 18.2 Å². The number of benzene rings is 1. The lowest BCUT2D eigenvalue weighted by Crippen LogP contribution is -2.47. The number of amides is 3. The smallest absolute Gasteiger partial charge is 0.293 e. The minimum Gasteiger partial charge on any atom is -0.368 e. The summed E-state index contributed by atoms with van der Waals surface area (Å²) in [7, 11) is 0. The number of nitrogens with two attached hydrogens (primary N) is 1. The summed E-state index contributed by atoms with van der Waals surface area (Å²) in [5.41, 5.74) is 4.78. The summed E-state index contributed by atoms with van der Waals surface area (Å²) in [6, 6.07) is 2.92. The molecule has 4 N–H and O–H groups in total. The van der Waals surface area contributed by atoms with Crippen LogP contribution in [0.3, 0.4) is 0 Å². The Kier molecular flexibility index (Phi) is 3.83. The van der Waals surface area contributed by atoms with E-state index in [0.29, 0.717) is 0 Å². The molecule has 1 fully saturated rings. The predicted molar refractivity (Wildman–Crippen MR) is 71.4 cm³/mol. The van der Waals surface area contributed by atoms with Gasteiger partial charge in [-0.15, -0.1) is 0 Å². The number of nitro benzene ring substituents is 1. The summed E-state index contributed by atoms with van der Waals surface area (Å²) in [5.74, 6) is -1.71. The number of nitrogens with zero attached hydrogens (tertiary/aromatic N) is 1. The molecule has 9 heteroatoms. The molecule has 0 radical (unpaired) electrons. The first-order chi connectivity index (χ1) is 9.88. The molecule has 1 atom stereocenters. The number of primary amides is 1. The SMILES string of the molecule is NC(=O)c1ccc(NC2CCC(=O)NC2=O)c([N+](=O)[O-])c1. The van der Waals surface area contributed by atoms with Gasteiger partial charge in [0.05, 0.1) is 4.92 Å². The summed E-state index contributed by atoms with van der Waals surface area (Å²) >= 11 is 0. The molecule has 1 aliphatic heterocycles. The summed E-state index contributed by atoms with van der Waals surface area (Å²) < 4.78 is 0. The Morgan fingerprint density at radius 3 is 2.71 bits per heavy atom. The van der Waals surface area contributed by atoms with Gasteiger partial charge in [0.15, 0.2) is 0 Å². The summed E-state index contributed by atoms with van der Waals surface area (Å²) in [5, 5.41) is 15.9. The van der Waals surface area contributed by atoms with Gasteiger partial charge in [0.25, 0.3) is 5.69 Å². The minimum atomic E-state index is -0.786. The number of carbonyl (C=O) groups is 3. The van der Waals surface area contributed by atoms with Crippen molar-refractivity contribution >= 4 is 29.1 Å². The lowest BCUT2D eigenvalue weighted by molar-refractivity contribution is -0.384. The van der Waals surface area contributed by atoms with Crippen molar-refractivity contribution in [2.75, 3.05) is 5.32 Å². The number of rotatable bonds is 4. The van der Waals surface area contributed by atoms with E-state index in [2.05, 4.69) is 10.6 Å². The second-order valence-corrected chi connectivity index (χ2v) is 4.50. The number of nitrogens with one attached hydrogen (secondary N) is 2. The van der Waals surface area contributed by atoms with Gasteiger partial charge in [0.2, 0.25) is 17.7 Å². The fourth-order valence-corrected chi connectivity index (χ4v) is 1.98. The van der Waals surface area contributed by atoms with E-state index in [1.165, 1.54) is 12.1 Å². The number of carbonyl (C=O) groups excluding carboxylic acids is 3. The maximum Gasteiger partial charge on any atom is 0.293 e. The van der Waals surface area contributed by atoms with Gasteiger partial charge in [0, 0.05) is 18.1 Å². The zero-order valence-electron chi connectivity index (χ0n) is 10.8. The van der Waals surface area contributed by atoms with E-state index in [1.807, 2.05) is 0 Å². The molecular weight excluding hydrogens is 280 g/mol. The first-order valence-corrected chi connectivity index (χ1v) is 6.07. The summed E-state index contributed by atoms with van der Waals surface area (Å²) in [6.45, 7) is 0. The Balaban J connectivity index is 2.27. The van der Waals surface area contributed by atoms with Crippen LogP contribution in [-0.4, -0.2) is 28.7 Å². The second-order valence-electron chi connectivity index (χ2n) is 4.50. The van der Waals surface area contributed by atoms with Crippen LogP contribution >= 0.6 is 0 Å². The van der Waals surface area contributed by atoms with Crippen molar-refractivity contribution in [2.45, 2.75) is 18.9 Å². The Hall–Kier alpha value is -2.97. The fourth-order valence-electron chi connectivity index (χ4n) is 1.98. The van der Waals surface area contributed by atoms with Crippen LogP contribution in [0.4, 0.5) is 11.4 Å². The Bertz CT molecular complexity index is 643. The molecule has 1 aromatic carbocycles. The molecule has 0 saturated carbocycles. The molecule has 1 saturated heterocycles. The van der Waals surface area contributed by atoms with Crippen molar-refractivity contribution in [1.82, 2.24) is 5.32 Å². The molecule has 0 bridgehead atoms. The van der Waals surface area contributed by atoms with E-state index in [4.69, 9.17) is 5.73 Å². The zero-order chi connectivity index (χ0) is 15.6. The molecule has 21 heavy (non-hydrogen) atoms. The van der Waals surface area contributed by atoms with E-state index in [1.54, 1.807) is 0 Å². The van der Waals surface area contributed by atoms with Crippen molar-refractivity contribution in [2.24, 2.45) is 5.73 Å². The van der Waals surface area contributed by atoms with Gasteiger partial charge in [-0.1, -0.05) is 0 Å². The first kappa shape index (κ1) is 14.4. The molecule has 1 unspecified atom stereocenters. The van der Waals surface area contributed by atoms with Crippen LogP contribution < -0.4 is 16.4 Å². The maximum atomic E-state index is 11.6. The molecule has 3 amide bonds. The molecule has 9 nitrogen and oxygen atoms in total. The number of anilines is 1.